The van der Waals surface area contributed by atoms with Gasteiger partial charge in [-0.1, -0.05) is 28.1 Å². The molecule has 2 aromatic rings. The van der Waals surface area contributed by atoms with Crippen molar-refractivity contribution in [3.05, 3.63) is 53.1 Å². The van der Waals surface area contributed by atoms with E-state index in [2.05, 4.69) is 37.1 Å². The van der Waals surface area contributed by atoms with E-state index in [1.165, 1.54) is 44.7 Å². The molecule has 2 aliphatic carbocycles. The van der Waals surface area contributed by atoms with Crippen molar-refractivity contribution in [2.24, 2.45) is 11.8 Å². The van der Waals surface area contributed by atoms with Crippen LogP contribution in [0.3, 0.4) is 0 Å². The van der Waals surface area contributed by atoms with E-state index < -0.39 is 0 Å². The van der Waals surface area contributed by atoms with Crippen LogP contribution in [0.25, 0.3) is 0 Å². The Labute approximate surface area is 259 Å². The first kappa shape index (κ1) is 32.1. The molecular formula is C33H46BrN3O5. The highest BCUT2D eigenvalue weighted by molar-refractivity contribution is 9.09. The number of halogens is 1. The first-order valence-corrected chi connectivity index (χ1v) is 16.2. The zero-order chi connectivity index (χ0) is 30.1. The highest BCUT2D eigenvalue weighted by atomic mass is 79.9. The van der Waals surface area contributed by atoms with E-state index in [4.69, 9.17) is 14.2 Å². The molecule has 2 aromatic carbocycles. The van der Waals surface area contributed by atoms with Crippen LogP contribution in [0.4, 0.5) is 5.69 Å². The summed E-state index contributed by atoms with van der Waals surface area (Å²) in [6.07, 6.45) is 6.33. The minimum Gasteiger partial charge on any atom is -0.493 e. The van der Waals surface area contributed by atoms with Crippen LogP contribution in [0, 0.1) is 11.8 Å². The Morgan fingerprint density at radius 1 is 0.929 bits per heavy atom. The molecule has 1 saturated heterocycles. The third-order valence-electron chi connectivity index (χ3n) is 8.29. The zero-order valence-corrected chi connectivity index (χ0v) is 27.1. The summed E-state index contributed by atoms with van der Waals surface area (Å²) in [6.45, 7) is 7.11. The van der Waals surface area contributed by atoms with E-state index in [1.54, 1.807) is 14.2 Å². The molecule has 0 aromatic heterocycles. The average Bonchev–Trinajstić information content (AvgIpc) is 3.96. The number of piperazine rings is 1. The number of aryl methyl sites for hydroxylation is 1. The summed E-state index contributed by atoms with van der Waals surface area (Å²) in [4.78, 5) is 30.3. The Hall–Kier alpha value is -2.78. The average molecular weight is 645 g/mol. The van der Waals surface area contributed by atoms with Crippen molar-refractivity contribution in [1.82, 2.24) is 10.2 Å². The van der Waals surface area contributed by atoms with Gasteiger partial charge in [-0.2, -0.15) is 0 Å². The number of benzene rings is 2. The van der Waals surface area contributed by atoms with Crippen molar-refractivity contribution in [3.63, 3.8) is 0 Å². The molecular weight excluding hydrogens is 598 g/mol. The number of hydrogen-bond donors (Lipinski definition) is 1. The summed E-state index contributed by atoms with van der Waals surface area (Å²) in [5, 5.41) is 4.36. The number of nitrogens with zero attached hydrogens (tertiary/aromatic N) is 2. The van der Waals surface area contributed by atoms with Gasteiger partial charge in [-0.15, -0.1) is 0 Å². The Kier molecular flexibility index (Phi) is 12.0. The number of rotatable bonds is 12. The maximum Gasteiger partial charge on any atom is 0.305 e. The van der Waals surface area contributed by atoms with Gasteiger partial charge in [-0.05, 0) is 86.3 Å². The fourth-order valence-corrected chi connectivity index (χ4v) is 5.78. The normalized spacial score (nSPS) is 17.5. The molecule has 0 radical (unpaired) electrons. The molecule has 9 heteroatoms. The number of methoxy groups -OCH3 is 3. The van der Waals surface area contributed by atoms with E-state index in [-0.39, 0.29) is 24.3 Å². The molecule has 1 atom stereocenters. The first-order chi connectivity index (χ1) is 20.3. The van der Waals surface area contributed by atoms with Crippen LogP contribution >= 0.6 is 15.9 Å². The molecule has 1 heterocycles. The topological polar surface area (TPSA) is 80.3 Å². The molecule has 8 nitrogen and oxygen atoms in total. The Balaban J connectivity index is 0.000000732. The number of ether oxygens (including phenoxy) is 3. The molecule has 0 bridgehead atoms. The van der Waals surface area contributed by atoms with E-state index in [9.17, 15) is 9.59 Å². The molecule has 5 rings (SSSR count). The highest BCUT2D eigenvalue weighted by Crippen LogP contribution is 2.32. The quantitative estimate of drug-likeness (QED) is 0.237. The molecule has 0 unspecified atom stereocenters. The summed E-state index contributed by atoms with van der Waals surface area (Å²) in [6, 6.07) is 11.4. The van der Waals surface area contributed by atoms with Gasteiger partial charge in [0, 0.05) is 55.7 Å². The lowest BCUT2D eigenvalue weighted by Gasteiger charge is -2.36. The summed E-state index contributed by atoms with van der Waals surface area (Å²) in [5.41, 5.74) is 3.37. The highest BCUT2D eigenvalue weighted by Gasteiger charge is 2.27. The van der Waals surface area contributed by atoms with Gasteiger partial charge in [-0.3, -0.25) is 14.5 Å². The summed E-state index contributed by atoms with van der Waals surface area (Å²) in [7, 11) is 4.57. The molecule has 42 heavy (non-hydrogen) atoms. The van der Waals surface area contributed by atoms with Gasteiger partial charge in [-0.25, -0.2) is 0 Å². The monoisotopic (exact) mass is 643 g/mol. The lowest BCUT2D eigenvalue weighted by Crippen LogP contribution is -2.47. The molecule has 0 spiro atoms. The maximum atomic E-state index is 13.5. The smallest absolute Gasteiger partial charge is 0.305 e. The zero-order valence-electron chi connectivity index (χ0n) is 25.5. The van der Waals surface area contributed by atoms with Crippen LogP contribution in [-0.2, 0) is 16.0 Å². The number of nitrogens with one attached hydrogen (secondary N) is 1. The lowest BCUT2D eigenvalue weighted by atomic mass is 9.99. The van der Waals surface area contributed by atoms with Crippen molar-refractivity contribution in [2.45, 2.75) is 51.5 Å². The minimum atomic E-state index is -0.291. The van der Waals surface area contributed by atoms with Gasteiger partial charge in [0.2, 0.25) is 0 Å². The van der Waals surface area contributed by atoms with E-state index >= 15 is 0 Å². The molecule has 3 fully saturated rings. The number of carbonyl (C=O) groups excluding carboxylic acids is 2. The van der Waals surface area contributed by atoms with E-state index in [0.29, 0.717) is 23.5 Å². The van der Waals surface area contributed by atoms with Crippen molar-refractivity contribution in [1.29, 1.82) is 0 Å². The first-order valence-electron chi connectivity index (χ1n) is 15.1. The molecule has 1 aliphatic heterocycles. The molecule has 230 valence electrons. The number of anilines is 1. The second-order valence-electron chi connectivity index (χ2n) is 11.6. The second kappa shape index (κ2) is 15.6. The van der Waals surface area contributed by atoms with Crippen molar-refractivity contribution in [2.75, 3.05) is 64.3 Å². The van der Waals surface area contributed by atoms with Crippen molar-refractivity contribution >= 4 is 33.5 Å². The van der Waals surface area contributed by atoms with Gasteiger partial charge >= 0.3 is 5.97 Å². The van der Waals surface area contributed by atoms with Crippen LogP contribution < -0.4 is 19.7 Å². The molecule has 2 saturated carbocycles. The number of alkyl halides is 1. The third kappa shape index (κ3) is 9.36. The van der Waals surface area contributed by atoms with E-state index in [0.717, 1.165) is 54.8 Å². The fourth-order valence-electron chi connectivity index (χ4n) is 5.14. The predicted molar refractivity (Wildman–Crippen MR) is 170 cm³/mol. The number of amides is 1. The fraction of sp³-hybridized carbons (Fsp3) is 0.576. The molecule has 1 amide bonds. The van der Waals surface area contributed by atoms with E-state index in [1.807, 2.05) is 37.3 Å². The van der Waals surface area contributed by atoms with Gasteiger partial charge in [0.05, 0.1) is 27.4 Å². The van der Waals surface area contributed by atoms with Crippen LogP contribution in [0.15, 0.2) is 36.4 Å². The number of hydrogen-bond acceptors (Lipinski definition) is 7. The second-order valence-corrected chi connectivity index (χ2v) is 12.2. The third-order valence-corrected chi connectivity index (χ3v) is 9.20. The summed E-state index contributed by atoms with van der Waals surface area (Å²) in [5.74, 6) is 2.73. The van der Waals surface area contributed by atoms with Gasteiger partial charge in [0.15, 0.2) is 11.5 Å². The predicted octanol–water partition coefficient (Wildman–Crippen LogP) is 5.62. The van der Waals surface area contributed by atoms with Gasteiger partial charge in [0.25, 0.3) is 5.91 Å². The summed E-state index contributed by atoms with van der Waals surface area (Å²) >= 11 is 3.38. The van der Waals surface area contributed by atoms with Crippen LogP contribution in [0.1, 0.15) is 66.6 Å². The Bertz CT molecular complexity index is 1190. The maximum absolute atomic E-state index is 13.5. The van der Waals surface area contributed by atoms with Crippen molar-refractivity contribution < 1.29 is 23.8 Å². The van der Waals surface area contributed by atoms with Crippen LogP contribution in [-0.4, -0.2) is 76.2 Å². The molecule has 1 N–H and O–H groups in total. The van der Waals surface area contributed by atoms with Gasteiger partial charge < -0.3 is 24.4 Å². The van der Waals surface area contributed by atoms with Crippen molar-refractivity contribution in [3.8, 4) is 11.5 Å². The number of carbonyl (C=O) groups is 2. The van der Waals surface area contributed by atoms with Crippen LogP contribution in [0.2, 0.25) is 0 Å². The van der Waals surface area contributed by atoms with Gasteiger partial charge in [0.1, 0.15) is 0 Å². The minimum absolute atomic E-state index is 0.170. The Morgan fingerprint density at radius 2 is 1.62 bits per heavy atom. The molecule has 3 aliphatic rings. The largest absolute Gasteiger partial charge is 0.493 e. The number of esters is 1. The Morgan fingerprint density at radius 3 is 2.19 bits per heavy atom. The van der Waals surface area contributed by atoms with Crippen LogP contribution in [0.5, 0.6) is 11.5 Å². The SMILES string of the molecule is BrCC1CC1.COC(=O)CCc1ccc(N2CCN(CC3CC3)CC2)cc1C(=O)N[C@H](C)c1ccc(OC)c(OC)c1. The lowest BCUT2D eigenvalue weighted by molar-refractivity contribution is -0.140. The standard InChI is InChI=1S/C29H39N3O5.C4H7Br/c1-20(23-8-11-26(35-2)27(17-23)36-3)30-29(34)25-18-24(10-7-22(25)9-12-28(33)37-4)32-15-13-31(14-16-32)19-21-5-6-21;5-3-4-1-2-4/h7-8,10-11,17-18,20-21H,5-6,9,12-16,19H2,1-4H3,(H,30,34);4H,1-3H2/t20-;/m1./s1. The summed E-state index contributed by atoms with van der Waals surface area (Å²) < 4.78 is 15.6.